The summed E-state index contributed by atoms with van der Waals surface area (Å²) >= 11 is 5.49. The van der Waals surface area contributed by atoms with Gasteiger partial charge < -0.3 is 10.8 Å². The molecule has 2 atom stereocenters. The molecule has 0 bridgehead atoms. The topological polar surface area (TPSA) is 46.2 Å². The molecule has 4 heteroatoms. The zero-order chi connectivity index (χ0) is 10.0. The van der Waals surface area contributed by atoms with E-state index in [-0.39, 0.29) is 5.02 Å². The minimum Gasteiger partial charge on any atom is -0.391 e. The van der Waals surface area contributed by atoms with Crippen LogP contribution < -0.4 is 5.73 Å². The van der Waals surface area contributed by atoms with Gasteiger partial charge in [0.2, 0.25) is 0 Å². The second-order valence-electron chi connectivity index (χ2n) is 2.94. The second kappa shape index (κ2) is 4.05. The van der Waals surface area contributed by atoms with Crippen LogP contribution in [-0.4, -0.2) is 11.2 Å². The molecule has 0 aliphatic rings. The van der Waals surface area contributed by atoms with Crippen molar-refractivity contribution in [2.24, 2.45) is 5.73 Å². The van der Waals surface area contributed by atoms with Crippen molar-refractivity contribution in [1.82, 2.24) is 0 Å². The van der Waals surface area contributed by atoms with E-state index in [2.05, 4.69) is 0 Å². The maximum absolute atomic E-state index is 12.9. The molecule has 0 aromatic heterocycles. The molecular formula is C9H11ClFNO. The third-order valence-corrected chi connectivity index (χ3v) is 2.15. The summed E-state index contributed by atoms with van der Waals surface area (Å²) in [6.07, 6.45) is -0.708. The Labute approximate surface area is 81.1 Å². The average molecular weight is 204 g/mol. The van der Waals surface area contributed by atoms with Crippen molar-refractivity contribution in [3.8, 4) is 0 Å². The number of aliphatic hydroxyl groups is 1. The largest absolute Gasteiger partial charge is 0.391 e. The molecule has 1 aromatic carbocycles. The molecule has 0 aliphatic carbocycles. The van der Waals surface area contributed by atoms with E-state index in [4.69, 9.17) is 22.4 Å². The summed E-state index contributed by atoms with van der Waals surface area (Å²) in [4.78, 5) is 0. The van der Waals surface area contributed by atoms with Crippen molar-refractivity contribution in [2.45, 2.75) is 19.1 Å². The molecule has 0 aliphatic heterocycles. The van der Waals surface area contributed by atoms with Gasteiger partial charge in [0.05, 0.1) is 17.2 Å². The number of hydrogen-bond donors (Lipinski definition) is 2. The lowest BCUT2D eigenvalue weighted by molar-refractivity contribution is 0.164. The van der Waals surface area contributed by atoms with Crippen LogP contribution in [0.4, 0.5) is 4.39 Å². The molecule has 0 spiro atoms. The van der Waals surface area contributed by atoms with Gasteiger partial charge in [-0.2, -0.15) is 0 Å². The molecule has 0 fully saturated rings. The van der Waals surface area contributed by atoms with Gasteiger partial charge in [-0.15, -0.1) is 0 Å². The third kappa shape index (κ3) is 2.40. The normalized spacial score (nSPS) is 15.5. The fourth-order valence-corrected chi connectivity index (χ4v) is 1.12. The van der Waals surface area contributed by atoms with Gasteiger partial charge in [-0.1, -0.05) is 17.7 Å². The van der Waals surface area contributed by atoms with E-state index < -0.39 is 18.0 Å². The Morgan fingerprint density at radius 1 is 1.54 bits per heavy atom. The minimum atomic E-state index is -0.708. The van der Waals surface area contributed by atoms with Crippen LogP contribution in [-0.2, 0) is 0 Å². The van der Waals surface area contributed by atoms with Crippen molar-refractivity contribution >= 4 is 11.6 Å². The second-order valence-corrected chi connectivity index (χ2v) is 3.35. The van der Waals surface area contributed by atoms with E-state index in [1.54, 1.807) is 13.0 Å². The number of halogens is 2. The van der Waals surface area contributed by atoms with Crippen LogP contribution in [0.1, 0.15) is 18.5 Å². The average Bonchev–Trinajstić information content (AvgIpc) is 2.08. The lowest BCUT2D eigenvalue weighted by Crippen LogP contribution is -2.23. The maximum Gasteiger partial charge on any atom is 0.142 e. The van der Waals surface area contributed by atoms with E-state index in [1.807, 2.05) is 0 Å². The highest BCUT2D eigenvalue weighted by atomic mass is 35.5. The third-order valence-electron chi connectivity index (χ3n) is 1.85. The molecule has 72 valence electrons. The quantitative estimate of drug-likeness (QED) is 0.771. The standard InChI is InChI=1S/C9H11ClFNO/c1-5(13)9(12)6-2-3-7(10)8(11)4-6/h2-5,9,13H,12H2,1H3/t5-,9+/m1/s1. The van der Waals surface area contributed by atoms with Gasteiger partial charge in [-0.05, 0) is 24.6 Å². The molecule has 0 heterocycles. The van der Waals surface area contributed by atoms with Crippen LogP contribution in [0.25, 0.3) is 0 Å². The first-order chi connectivity index (χ1) is 6.02. The predicted octanol–water partition coefficient (Wildman–Crippen LogP) is 1.86. The zero-order valence-electron chi connectivity index (χ0n) is 7.17. The van der Waals surface area contributed by atoms with Gasteiger partial charge in [0.25, 0.3) is 0 Å². The maximum atomic E-state index is 12.9. The zero-order valence-corrected chi connectivity index (χ0v) is 7.92. The summed E-state index contributed by atoms with van der Waals surface area (Å²) in [7, 11) is 0. The molecule has 2 nitrogen and oxygen atoms in total. The van der Waals surface area contributed by atoms with Gasteiger partial charge in [-0.3, -0.25) is 0 Å². The van der Waals surface area contributed by atoms with Crippen LogP contribution in [0, 0.1) is 5.82 Å². The molecule has 0 amide bonds. The fourth-order valence-electron chi connectivity index (χ4n) is 0.998. The van der Waals surface area contributed by atoms with E-state index in [9.17, 15) is 4.39 Å². The summed E-state index contributed by atoms with van der Waals surface area (Å²) < 4.78 is 12.9. The Balaban J connectivity index is 2.97. The highest BCUT2D eigenvalue weighted by molar-refractivity contribution is 6.30. The molecule has 3 N–H and O–H groups in total. The van der Waals surface area contributed by atoms with Gasteiger partial charge in [-0.25, -0.2) is 4.39 Å². The van der Waals surface area contributed by atoms with Crippen molar-refractivity contribution < 1.29 is 9.50 Å². The Morgan fingerprint density at radius 2 is 2.15 bits per heavy atom. The summed E-state index contributed by atoms with van der Waals surface area (Å²) in [5, 5.41) is 9.21. The van der Waals surface area contributed by atoms with Crippen LogP contribution in [0.3, 0.4) is 0 Å². The van der Waals surface area contributed by atoms with Crippen LogP contribution in [0.5, 0.6) is 0 Å². The summed E-state index contributed by atoms with van der Waals surface area (Å²) in [6.45, 7) is 1.55. The molecule has 0 saturated heterocycles. The fraction of sp³-hybridized carbons (Fsp3) is 0.333. The summed E-state index contributed by atoms with van der Waals surface area (Å²) in [5.74, 6) is -0.518. The lowest BCUT2D eigenvalue weighted by atomic mass is 10.0. The number of benzene rings is 1. The Morgan fingerprint density at radius 3 is 2.62 bits per heavy atom. The number of hydrogen-bond acceptors (Lipinski definition) is 2. The summed E-state index contributed by atoms with van der Waals surface area (Å²) in [6, 6.07) is 3.68. The van der Waals surface area contributed by atoms with Crippen LogP contribution in [0.2, 0.25) is 5.02 Å². The smallest absolute Gasteiger partial charge is 0.142 e. The van der Waals surface area contributed by atoms with Crippen molar-refractivity contribution in [1.29, 1.82) is 0 Å². The molecular weight excluding hydrogens is 193 g/mol. The van der Waals surface area contributed by atoms with E-state index >= 15 is 0 Å². The number of aliphatic hydroxyl groups excluding tert-OH is 1. The Kier molecular flexibility index (Phi) is 3.25. The highest BCUT2D eigenvalue weighted by Gasteiger charge is 2.13. The first-order valence-electron chi connectivity index (χ1n) is 3.91. The Hall–Kier alpha value is -0.640. The Bertz CT molecular complexity index is 304. The summed E-state index contributed by atoms with van der Waals surface area (Å²) in [5.41, 5.74) is 6.14. The monoisotopic (exact) mass is 203 g/mol. The van der Waals surface area contributed by atoms with E-state index in [0.29, 0.717) is 5.56 Å². The van der Waals surface area contributed by atoms with Crippen LogP contribution >= 0.6 is 11.6 Å². The molecule has 0 saturated carbocycles. The van der Waals surface area contributed by atoms with E-state index in [0.717, 1.165) is 0 Å². The van der Waals surface area contributed by atoms with Gasteiger partial charge >= 0.3 is 0 Å². The highest BCUT2D eigenvalue weighted by Crippen LogP contribution is 2.20. The number of rotatable bonds is 2. The molecule has 1 rings (SSSR count). The molecule has 13 heavy (non-hydrogen) atoms. The number of nitrogens with two attached hydrogens (primary N) is 1. The van der Waals surface area contributed by atoms with Crippen LogP contribution in [0.15, 0.2) is 18.2 Å². The molecule has 0 radical (unpaired) electrons. The van der Waals surface area contributed by atoms with Crippen molar-refractivity contribution in [3.63, 3.8) is 0 Å². The van der Waals surface area contributed by atoms with Gasteiger partial charge in [0.15, 0.2) is 0 Å². The van der Waals surface area contributed by atoms with Gasteiger partial charge in [0, 0.05) is 0 Å². The first-order valence-corrected chi connectivity index (χ1v) is 4.28. The minimum absolute atomic E-state index is 0.0570. The lowest BCUT2D eigenvalue weighted by Gasteiger charge is -2.14. The van der Waals surface area contributed by atoms with Crippen molar-refractivity contribution in [3.05, 3.63) is 34.6 Å². The van der Waals surface area contributed by atoms with Gasteiger partial charge in [0.1, 0.15) is 5.82 Å². The SMILES string of the molecule is C[C@@H](O)[C@H](N)c1ccc(Cl)c(F)c1. The van der Waals surface area contributed by atoms with E-state index in [1.165, 1.54) is 12.1 Å². The van der Waals surface area contributed by atoms with Crippen molar-refractivity contribution in [2.75, 3.05) is 0 Å². The molecule has 0 unspecified atom stereocenters. The predicted molar refractivity (Wildman–Crippen MR) is 50.0 cm³/mol. The first kappa shape index (κ1) is 10.4. The molecule has 1 aromatic rings.